The summed E-state index contributed by atoms with van der Waals surface area (Å²) in [5, 5.41) is 8.66. The summed E-state index contributed by atoms with van der Waals surface area (Å²) >= 11 is 35.0. The highest BCUT2D eigenvalue weighted by molar-refractivity contribution is 6.67. The highest BCUT2D eigenvalue weighted by Gasteiger charge is 2.34. The van der Waals surface area contributed by atoms with Crippen molar-refractivity contribution in [2.24, 2.45) is 0 Å². The number of halogens is 6. The van der Waals surface area contributed by atoms with Crippen LogP contribution in [0.5, 0.6) is 5.75 Å². The largest absolute Gasteiger partial charge is 0.493 e. The summed E-state index contributed by atoms with van der Waals surface area (Å²) in [6, 6.07) is 6.52. The highest BCUT2D eigenvalue weighted by atomic mass is 35.6. The van der Waals surface area contributed by atoms with E-state index in [2.05, 4.69) is 15.0 Å². The average molecular weight is 480 g/mol. The second-order valence-corrected chi connectivity index (χ2v) is 9.38. The van der Waals surface area contributed by atoms with E-state index in [0.717, 1.165) is 0 Å². The van der Waals surface area contributed by atoms with E-state index in [1.807, 2.05) is 0 Å². The van der Waals surface area contributed by atoms with Crippen molar-refractivity contribution in [3.8, 4) is 17.1 Å². The standard InChI is InChI=1S/C14H9Cl6N3O3/c15-13(16,17)11-21-10(22-12(23-11)14(18,19)20)7-2-1-3-8(6-7)26-5-4-9(24)25/h1-3,6H,4-5H2,(H,24,25). The molecule has 0 saturated heterocycles. The predicted molar refractivity (Wildman–Crippen MR) is 101 cm³/mol. The summed E-state index contributed by atoms with van der Waals surface area (Å²) in [6.45, 7) is -0.00517. The number of carbonyl (C=O) groups is 1. The maximum Gasteiger partial charge on any atom is 0.306 e. The smallest absolute Gasteiger partial charge is 0.306 e. The Hall–Kier alpha value is -0.760. The molecule has 2 aromatic rings. The van der Waals surface area contributed by atoms with Crippen molar-refractivity contribution in [1.82, 2.24) is 15.0 Å². The molecule has 0 spiro atoms. The molecule has 1 aromatic heterocycles. The van der Waals surface area contributed by atoms with Crippen molar-refractivity contribution >= 4 is 75.6 Å². The maximum atomic E-state index is 10.6. The Morgan fingerprint density at radius 3 is 2.08 bits per heavy atom. The van der Waals surface area contributed by atoms with E-state index >= 15 is 0 Å². The number of carboxylic acid groups (broad SMARTS) is 1. The quantitative estimate of drug-likeness (QED) is 0.604. The lowest BCUT2D eigenvalue weighted by Gasteiger charge is -2.16. The van der Waals surface area contributed by atoms with Gasteiger partial charge < -0.3 is 9.84 Å². The SMILES string of the molecule is O=C(O)CCOc1cccc(-c2nc(C(Cl)(Cl)Cl)nc(C(Cl)(Cl)Cl)n2)c1. The molecule has 1 heterocycles. The van der Waals surface area contributed by atoms with Gasteiger partial charge in [0.2, 0.25) is 7.59 Å². The molecule has 26 heavy (non-hydrogen) atoms. The van der Waals surface area contributed by atoms with Crippen LogP contribution < -0.4 is 4.74 Å². The normalized spacial score (nSPS) is 12.1. The van der Waals surface area contributed by atoms with E-state index in [-0.39, 0.29) is 30.5 Å². The number of hydrogen-bond acceptors (Lipinski definition) is 5. The molecule has 0 amide bonds. The van der Waals surface area contributed by atoms with Gasteiger partial charge in [-0.15, -0.1) is 0 Å². The minimum absolute atomic E-state index is 0.00517. The fourth-order valence-electron chi connectivity index (χ4n) is 1.74. The summed E-state index contributed by atoms with van der Waals surface area (Å²) in [6.07, 6.45) is -0.148. The molecule has 12 heteroatoms. The van der Waals surface area contributed by atoms with E-state index in [1.165, 1.54) is 0 Å². The summed E-state index contributed by atoms with van der Waals surface area (Å²) in [5.74, 6) is -0.920. The minimum Gasteiger partial charge on any atom is -0.493 e. The minimum atomic E-state index is -1.96. The number of ether oxygens (including phenoxy) is 1. The number of nitrogens with zero attached hydrogens (tertiary/aromatic N) is 3. The van der Waals surface area contributed by atoms with Gasteiger partial charge in [-0.25, -0.2) is 15.0 Å². The number of rotatable bonds is 5. The van der Waals surface area contributed by atoms with Gasteiger partial charge >= 0.3 is 5.97 Å². The molecule has 0 saturated carbocycles. The second-order valence-electron chi connectivity index (χ2n) is 4.82. The number of carboxylic acids is 1. The van der Waals surface area contributed by atoms with Crippen LogP contribution in [0.1, 0.15) is 18.1 Å². The number of aromatic nitrogens is 3. The Balaban J connectivity index is 2.42. The topological polar surface area (TPSA) is 85.2 Å². The van der Waals surface area contributed by atoms with E-state index in [0.29, 0.717) is 11.3 Å². The Labute approximate surface area is 178 Å². The van der Waals surface area contributed by atoms with Gasteiger partial charge in [0, 0.05) is 5.56 Å². The lowest BCUT2D eigenvalue weighted by atomic mass is 10.2. The Morgan fingerprint density at radius 2 is 1.58 bits per heavy atom. The molecule has 0 aliphatic carbocycles. The zero-order chi connectivity index (χ0) is 19.5. The maximum absolute atomic E-state index is 10.6. The van der Waals surface area contributed by atoms with Crippen LogP contribution >= 0.6 is 69.6 Å². The first-order chi connectivity index (χ1) is 12.0. The van der Waals surface area contributed by atoms with Crippen molar-refractivity contribution in [2.75, 3.05) is 6.61 Å². The van der Waals surface area contributed by atoms with E-state index in [9.17, 15) is 4.79 Å². The van der Waals surface area contributed by atoms with Crippen LogP contribution in [0.2, 0.25) is 0 Å². The third-order valence-electron chi connectivity index (χ3n) is 2.82. The van der Waals surface area contributed by atoms with Crippen LogP contribution in [0.15, 0.2) is 24.3 Å². The van der Waals surface area contributed by atoms with Gasteiger partial charge in [-0.2, -0.15) is 0 Å². The molecular formula is C14H9Cl6N3O3. The second kappa shape index (κ2) is 8.50. The molecule has 2 rings (SSSR count). The molecule has 1 aromatic carbocycles. The molecule has 140 valence electrons. The number of alkyl halides is 6. The Morgan fingerprint density at radius 1 is 1.00 bits per heavy atom. The molecule has 6 nitrogen and oxygen atoms in total. The first-order valence-electron chi connectivity index (χ1n) is 6.82. The van der Waals surface area contributed by atoms with Crippen LogP contribution in [0.25, 0.3) is 11.4 Å². The summed E-state index contributed by atoms with van der Waals surface area (Å²) in [7, 11) is 0. The van der Waals surface area contributed by atoms with Crippen molar-refractivity contribution in [2.45, 2.75) is 14.0 Å². The monoisotopic (exact) mass is 477 g/mol. The van der Waals surface area contributed by atoms with Crippen LogP contribution in [0, 0.1) is 0 Å². The van der Waals surface area contributed by atoms with Crippen LogP contribution in [-0.2, 0) is 12.4 Å². The third-order valence-corrected chi connectivity index (χ3v) is 3.83. The van der Waals surface area contributed by atoms with Gasteiger partial charge in [0.25, 0.3) is 0 Å². The van der Waals surface area contributed by atoms with Crippen molar-refractivity contribution in [3.05, 3.63) is 35.9 Å². The number of aliphatic carboxylic acids is 1. The summed E-state index contributed by atoms with van der Waals surface area (Å²) < 4.78 is 1.44. The van der Waals surface area contributed by atoms with Gasteiger partial charge in [-0.05, 0) is 12.1 Å². The molecule has 1 N–H and O–H groups in total. The van der Waals surface area contributed by atoms with Crippen LogP contribution in [0.4, 0.5) is 0 Å². The van der Waals surface area contributed by atoms with Crippen LogP contribution in [-0.4, -0.2) is 32.6 Å². The van der Waals surface area contributed by atoms with Crippen molar-refractivity contribution < 1.29 is 14.6 Å². The Kier molecular flexibility index (Phi) is 7.04. The lowest BCUT2D eigenvalue weighted by molar-refractivity contribution is -0.137. The van der Waals surface area contributed by atoms with Crippen molar-refractivity contribution in [3.63, 3.8) is 0 Å². The Bertz CT molecular complexity index is 775. The van der Waals surface area contributed by atoms with Gasteiger partial charge in [0.05, 0.1) is 13.0 Å². The third kappa shape index (κ3) is 6.15. The zero-order valence-corrected chi connectivity index (χ0v) is 17.1. The molecule has 0 atom stereocenters. The summed E-state index contributed by atoms with van der Waals surface area (Å²) in [5.41, 5.74) is 0.464. The van der Waals surface area contributed by atoms with E-state index in [1.54, 1.807) is 24.3 Å². The molecule has 0 unspecified atom stereocenters. The van der Waals surface area contributed by atoms with Gasteiger partial charge in [-0.1, -0.05) is 81.7 Å². The van der Waals surface area contributed by atoms with Gasteiger partial charge in [-0.3, -0.25) is 4.79 Å². The van der Waals surface area contributed by atoms with Crippen LogP contribution in [0.3, 0.4) is 0 Å². The van der Waals surface area contributed by atoms with E-state index < -0.39 is 13.6 Å². The number of benzene rings is 1. The fraction of sp³-hybridized carbons (Fsp3) is 0.286. The van der Waals surface area contributed by atoms with Gasteiger partial charge in [0.1, 0.15) is 5.75 Å². The lowest BCUT2D eigenvalue weighted by Crippen LogP contribution is -2.16. The fourth-order valence-corrected chi connectivity index (χ4v) is 2.25. The highest BCUT2D eigenvalue weighted by Crippen LogP contribution is 2.40. The molecular weight excluding hydrogens is 471 g/mol. The average Bonchev–Trinajstić information content (AvgIpc) is 2.53. The van der Waals surface area contributed by atoms with E-state index in [4.69, 9.17) is 79.4 Å². The predicted octanol–water partition coefficient (Wildman–Crippen LogP) is 5.05. The molecule has 0 aliphatic rings. The summed E-state index contributed by atoms with van der Waals surface area (Å²) in [4.78, 5) is 22.6. The first-order valence-corrected chi connectivity index (χ1v) is 9.09. The molecule has 0 radical (unpaired) electrons. The first kappa shape index (κ1) is 21.5. The number of hydrogen-bond donors (Lipinski definition) is 1. The zero-order valence-electron chi connectivity index (χ0n) is 12.6. The van der Waals surface area contributed by atoms with Crippen molar-refractivity contribution in [1.29, 1.82) is 0 Å². The molecule has 0 fully saturated rings. The molecule has 0 bridgehead atoms. The van der Waals surface area contributed by atoms with Gasteiger partial charge in [0.15, 0.2) is 17.5 Å². The molecule has 0 aliphatic heterocycles.